The standard InChI is InChI=1S/C13H9BrClNO/c14-10-6-3-5-9(12(10)16)13(17)8-4-1-2-7-11(8)15/h1-7H,16H2. The number of anilines is 1. The number of carbonyl (C=O) groups is 1. The molecule has 0 radical (unpaired) electrons. The molecule has 0 saturated heterocycles. The van der Waals surface area contributed by atoms with Crippen molar-refractivity contribution in [2.75, 3.05) is 5.73 Å². The Kier molecular flexibility index (Phi) is 3.50. The summed E-state index contributed by atoms with van der Waals surface area (Å²) in [6.45, 7) is 0. The van der Waals surface area contributed by atoms with Crippen molar-refractivity contribution in [3.05, 3.63) is 63.1 Å². The molecule has 2 nitrogen and oxygen atoms in total. The van der Waals surface area contributed by atoms with Crippen LogP contribution in [-0.2, 0) is 0 Å². The van der Waals surface area contributed by atoms with Crippen LogP contribution in [0.15, 0.2) is 46.9 Å². The van der Waals surface area contributed by atoms with E-state index in [9.17, 15) is 4.79 Å². The van der Waals surface area contributed by atoms with Crippen molar-refractivity contribution < 1.29 is 4.79 Å². The fraction of sp³-hybridized carbons (Fsp3) is 0. The van der Waals surface area contributed by atoms with E-state index in [0.29, 0.717) is 26.3 Å². The first-order valence-corrected chi connectivity index (χ1v) is 6.11. The van der Waals surface area contributed by atoms with Crippen LogP contribution < -0.4 is 5.73 Å². The molecule has 86 valence electrons. The normalized spacial score (nSPS) is 10.2. The second-order valence-electron chi connectivity index (χ2n) is 3.51. The van der Waals surface area contributed by atoms with Crippen LogP contribution >= 0.6 is 27.5 Å². The summed E-state index contributed by atoms with van der Waals surface area (Å²) in [5, 5.41) is 0.428. The van der Waals surface area contributed by atoms with Gasteiger partial charge in [0.05, 0.1) is 10.7 Å². The van der Waals surface area contributed by atoms with E-state index in [1.807, 2.05) is 0 Å². The Hall–Kier alpha value is -1.32. The van der Waals surface area contributed by atoms with Gasteiger partial charge in [-0.05, 0) is 40.2 Å². The van der Waals surface area contributed by atoms with Crippen LogP contribution in [-0.4, -0.2) is 5.78 Å². The number of halogens is 2. The van der Waals surface area contributed by atoms with Gasteiger partial charge in [-0.1, -0.05) is 29.8 Å². The van der Waals surface area contributed by atoms with Gasteiger partial charge >= 0.3 is 0 Å². The first-order chi connectivity index (χ1) is 8.11. The lowest BCUT2D eigenvalue weighted by Crippen LogP contribution is -2.06. The summed E-state index contributed by atoms with van der Waals surface area (Å²) in [5.41, 5.74) is 7.20. The topological polar surface area (TPSA) is 43.1 Å². The molecule has 0 heterocycles. The SMILES string of the molecule is Nc1c(Br)cccc1C(=O)c1ccccc1Cl. The maximum absolute atomic E-state index is 12.3. The van der Waals surface area contributed by atoms with Gasteiger partial charge in [-0.3, -0.25) is 4.79 Å². The molecule has 0 bridgehead atoms. The third-order valence-corrected chi connectivity index (χ3v) is 3.44. The minimum atomic E-state index is -0.172. The quantitative estimate of drug-likeness (QED) is 0.675. The van der Waals surface area contributed by atoms with Crippen LogP contribution in [0.5, 0.6) is 0 Å². The fourth-order valence-corrected chi connectivity index (χ4v) is 2.11. The van der Waals surface area contributed by atoms with E-state index >= 15 is 0 Å². The molecule has 0 aromatic heterocycles. The molecule has 0 spiro atoms. The molecule has 4 heteroatoms. The predicted octanol–water partition coefficient (Wildman–Crippen LogP) is 3.92. The smallest absolute Gasteiger partial charge is 0.196 e. The molecule has 0 aliphatic carbocycles. The zero-order valence-electron chi connectivity index (χ0n) is 8.78. The highest BCUT2D eigenvalue weighted by atomic mass is 79.9. The molecule has 0 atom stereocenters. The lowest BCUT2D eigenvalue weighted by molar-refractivity contribution is 0.103. The molecule has 0 fully saturated rings. The number of hydrogen-bond donors (Lipinski definition) is 1. The summed E-state index contributed by atoms with van der Waals surface area (Å²) >= 11 is 9.28. The molecule has 2 aromatic rings. The molecule has 2 N–H and O–H groups in total. The van der Waals surface area contributed by atoms with E-state index in [-0.39, 0.29) is 5.78 Å². The minimum Gasteiger partial charge on any atom is -0.397 e. The van der Waals surface area contributed by atoms with E-state index in [4.69, 9.17) is 17.3 Å². The molecular weight excluding hydrogens is 302 g/mol. The van der Waals surface area contributed by atoms with Crippen molar-refractivity contribution in [3.63, 3.8) is 0 Å². The summed E-state index contributed by atoms with van der Waals surface area (Å²) in [5.74, 6) is -0.172. The average molecular weight is 311 g/mol. The zero-order chi connectivity index (χ0) is 12.4. The largest absolute Gasteiger partial charge is 0.397 e. The van der Waals surface area contributed by atoms with Gasteiger partial charge < -0.3 is 5.73 Å². The van der Waals surface area contributed by atoms with Crippen molar-refractivity contribution in [1.29, 1.82) is 0 Å². The number of rotatable bonds is 2. The highest BCUT2D eigenvalue weighted by molar-refractivity contribution is 9.10. The number of ketones is 1. The number of nitrogen functional groups attached to an aromatic ring is 1. The molecule has 0 aliphatic heterocycles. The first kappa shape index (κ1) is 12.1. The number of para-hydroxylation sites is 1. The lowest BCUT2D eigenvalue weighted by atomic mass is 10.0. The molecule has 0 saturated carbocycles. The van der Waals surface area contributed by atoms with Gasteiger partial charge in [-0.25, -0.2) is 0 Å². The number of benzene rings is 2. The summed E-state index contributed by atoms with van der Waals surface area (Å²) in [6.07, 6.45) is 0. The molecule has 2 aromatic carbocycles. The van der Waals surface area contributed by atoms with Crippen molar-refractivity contribution in [1.82, 2.24) is 0 Å². The third-order valence-electron chi connectivity index (χ3n) is 2.42. The molecule has 17 heavy (non-hydrogen) atoms. The summed E-state index contributed by atoms with van der Waals surface area (Å²) in [6, 6.07) is 12.2. The van der Waals surface area contributed by atoms with Crippen LogP contribution in [0.25, 0.3) is 0 Å². The van der Waals surface area contributed by atoms with Crippen LogP contribution in [0, 0.1) is 0 Å². The molecular formula is C13H9BrClNO. The van der Waals surface area contributed by atoms with Gasteiger partial charge in [0.15, 0.2) is 5.78 Å². The van der Waals surface area contributed by atoms with Crippen LogP contribution in [0.3, 0.4) is 0 Å². The molecule has 0 aliphatic rings. The fourth-order valence-electron chi connectivity index (χ4n) is 1.53. The summed E-state index contributed by atoms with van der Waals surface area (Å²) < 4.78 is 0.704. The second kappa shape index (κ2) is 4.90. The second-order valence-corrected chi connectivity index (χ2v) is 4.77. The number of hydrogen-bond acceptors (Lipinski definition) is 2. The predicted molar refractivity (Wildman–Crippen MR) is 73.4 cm³/mol. The Labute approximate surface area is 113 Å². The highest BCUT2D eigenvalue weighted by Crippen LogP contribution is 2.27. The van der Waals surface area contributed by atoms with Crippen molar-refractivity contribution >= 4 is 39.0 Å². The van der Waals surface area contributed by atoms with E-state index in [0.717, 1.165) is 0 Å². The van der Waals surface area contributed by atoms with E-state index < -0.39 is 0 Å². The minimum absolute atomic E-state index is 0.172. The third kappa shape index (κ3) is 2.35. The van der Waals surface area contributed by atoms with Gasteiger partial charge in [-0.15, -0.1) is 0 Å². The Morgan fingerprint density at radius 2 is 1.71 bits per heavy atom. The zero-order valence-corrected chi connectivity index (χ0v) is 11.1. The maximum atomic E-state index is 12.3. The molecule has 0 amide bonds. The Balaban J connectivity index is 2.52. The van der Waals surface area contributed by atoms with Gasteiger partial charge in [0.2, 0.25) is 0 Å². The maximum Gasteiger partial charge on any atom is 0.196 e. The van der Waals surface area contributed by atoms with E-state index in [1.54, 1.807) is 42.5 Å². The lowest BCUT2D eigenvalue weighted by Gasteiger charge is -2.07. The van der Waals surface area contributed by atoms with Crippen LogP contribution in [0.2, 0.25) is 5.02 Å². The molecule has 0 unspecified atom stereocenters. The van der Waals surface area contributed by atoms with Gasteiger partial charge in [0, 0.05) is 15.6 Å². The van der Waals surface area contributed by atoms with E-state index in [1.165, 1.54) is 0 Å². The summed E-state index contributed by atoms with van der Waals surface area (Å²) in [4.78, 5) is 12.3. The van der Waals surface area contributed by atoms with Crippen molar-refractivity contribution in [3.8, 4) is 0 Å². The Morgan fingerprint density at radius 1 is 1.06 bits per heavy atom. The number of nitrogens with two attached hydrogens (primary N) is 1. The molecule has 2 rings (SSSR count). The average Bonchev–Trinajstić information content (AvgIpc) is 2.32. The first-order valence-electron chi connectivity index (χ1n) is 4.94. The van der Waals surface area contributed by atoms with Gasteiger partial charge in [0.25, 0.3) is 0 Å². The van der Waals surface area contributed by atoms with E-state index in [2.05, 4.69) is 15.9 Å². The monoisotopic (exact) mass is 309 g/mol. The Morgan fingerprint density at radius 3 is 2.41 bits per heavy atom. The summed E-state index contributed by atoms with van der Waals surface area (Å²) in [7, 11) is 0. The van der Waals surface area contributed by atoms with Crippen LogP contribution in [0.4, 0.5) is 5.69 Å². The number of carbonyl (C=O) groups excluding carboxylic acids is 1. The van der Waals surface area contributed by atoms with Gasteiger partial charge in [0.1, 0.15) is 0 Å². The van der Waals surface area contributed by atoms with Gasteiger partial charge in [-0.2, -0.15) is 0 Å². The Bertz CT molecular complexity index is 583. The highest BCUT2D eigenvalue weighted by Gasteiger charge is 2.15. The van der Waals surface area contributed by atoms with Crippen molar-refractivity contribution in [2.24, 2.45) is 0 Å². The van der Waals surface area contributed by atoms with Crippen LogP contribution in [0.1, 0.15) is 15.9 Å². The van der Waals surface area contributed by atoms with Crippen molar-refractivity contribution in [2.45, 2.75) is 0 Å².